The highest BCUT2D eigenvalue weighted by molar-refractivity contribution is 8.00. The molecular weight excluding hydrogens is 373 g/mol. The van der Waals surface area contributed by atoms with E-state index in [1.54, 1.807) is 19.2 Å². The maximum atomic E-state index is 13.2. The smallest absolute Gasteiger partial charge is 0.230 e. The van der Waals surface area contributed by atoms with Gasteiger partial charge >= 0.3 is 0 Å². The molecule has 2 aromatic heterocycles. The Morgan fingerprint density at radius 3 is 2.88 bits per heavy atom. The molecular formula is C18H18FN3O2S2. The number of thiophene rings is 1. The predicted molar refractivity (Wildman–Crippen MR) is 103 cm³/mol. The lowest BCUT2D eigenvalue weighted by Crippen LogP contribution is -2.26. The van der Waals surface area contributed by atoms with Gasteiger partial charge in [0.25, 0.3) is 0 Å². The molecule has 3 aromatic rings. The highest BCUT2D eigenvalue weighted by Crippen LogP contribution is 2.37. The molecule has 3 rings (SSSR count). The molecule has 0 aliphatic rings. The maximum Gasteiger partial charge on any atom is 0.230 e. The van der Waals surface area contributed by atoms with Crippen LogP contribution in [0, 0.1) is 5.82 Å². The summed E-state index contributed by atoms with van der Waals surface area (Å²) in [6.45, 7) is 1.21. The predicted octanol–water partition coefficient (Wildman–Crippen LogP) is 3.74. The molecule has 0 radical (unpaired) electrons. The van der Waals surface area contributed by atoms with Crippen molar-refractivity contribution in [3.63, 3.8) is 0 Å². The van der Waals surface area contributed by atoms with Crippen LogP contribution in [0.2, 0.25) is 0 Å². The summed E-state index contributed by atoms with van der Waals surface area (Å²) >= 11 is 2.88. The first kappa shape index (κ1) is 18.8. The van der Waals surface area contributed by atoms with E-state index in [1.165, 1.54) is 41.6 Å². The van der Waals surface area contributed by atoms with Crippen LogP contribution in [0.25, 0.3) is 21.3 Å². The molecule has 0 unspecified atom stereocenters. The summed E-state index contributed by atoms with van der Waals surface area (Å²) in [4.78, 5) is 21.5. The molecule has 1 amide bonds. The van der Waals surface area contributed by atoms with Crippen LogP contribution in [0.3, 0.4) is 0 Å². The number of fused-ring (bicyclic) bond motifs is 1. The number of hydrogen-bond acceptors (Lipinski definition) is 6. The van der Waals surface area contributed by atoms with Gasteiger partial charge in [0.05, 0.1) is 11.1 Å². The lowest BCUT2D eigenvalue weighted by molar-refractivity contribution is -0.118. The average Bonchev–Trinajstić information content (AvgIpc) is 3.09. The van der Waals surface area contributed by atoms with Crippen molar-refractivity contribution in [2.75, 3.05) is 26.0 Å². The molecule has 0 saturated carbocycles. The van der Waals surface area contributed by atoms with Crippen molar-refractivity contribution in [1.29, 1.82) is 0 Å². The van der Waals surface area contributed by atoms with E-state index in [4.69, 9.17) is 4.74 Å². The van der Waals surface area contributed by atoms with Gasteiger partial charge in [-0.1, -0.05) is 23.9 Å². The number of nitrogens with zero attached hydrogens (tertiary/aromatic N) is 2. The molecule has 0 atom stereocenters. The van der Waals surface area contributed by atoms with Gasteiger partial charge in [0.15, 0.2) is 0 Å². The number of aromatic nitrogens is 2. The number of halogens is 1. The lowest BCUT2D eigenvalue weighted by Gasteiger charge is -2.06. The molecule has 5 nitrogen and oxygen atoms in total. The van der Waals surface area contributed by atoms with E-state index in [1.807, 2.05) is 5.38 Å². The first-order valence-electron chi connectivity index (χ1n) is 8.05. The second-order valence-corrected chi connectivity index (χ2v) is 7.32. The van der Waals surface area contributed by atoms with Crippen LogP contribution in [0.15, 0.2) is 41.0 Å². The maximum absolute atomic E-state index is 13.2. The fraction of sp³-hybridized carbons (Fsp3) is 0.278. The minimum atomic E-state index is -0.274. The first-order valence-corrected chi connectivity index (χ1v) is 9.92. The Hall–Kier alpha value is -2.03. The zero-order valence-corrected chi connectivity index (χ0v) is 15.8. The van der Waals surface area contributed by atoms with E-state index >= 15 is 0 Å². The standard InChI is InChI=1S/C18H18FN3O2S2/c1-24-8-2-7-20-15(23)10-26-18-16-14(9-25-17(16)21-11-22-18)12-3-5-13(19)6-4-12/h3-6,9,11H,2,7-8,10H2,1H3,(H,20,23). The Balaban J connectivity index is 1.75. The number of amides is 1. The summed E-state index contributed by atoms with van der Waals surface area (Å²) in [6, 6.07) is 6.34. The highest BCUT2D eigenvalue weighted by atomic mass is 32.2. The zero-order valence-electron chi connectivity index (χ0n) is 14.2. The number of ether oxygens (including phenoxy) is 1. The van der Waals surface area contributed by atoms with Crippen LogP contribution in [-0.4, -0.2) is 41.9 Å². The van der Waals surface area contributed by atoms with E-state index in [2.05, 4.69) is 15.3 Å². The summed E-state index contributed by atoms with van der Waals surface area (Å²) in [5.74, 6) is -0.0432. The van der Waals surface area contributed by atoms with Gasteiger partial charge in [0.1, 0.15) is 22.0 Å². The van der Waals surface area contributed by atoms with Crippen LogP contribution < -0.4 is 5.32 Å². The summed E-state index contributed by atoms with van der Waals surface area (Å²) in [5, 5.41) is 6.50. The number of carbonyl (C=O) groups is 1. The van der Waals surface area contributed by atoms with Crippen LogP contribution in [0.4, 0.5) is 4.39 Å². The summed E-state index contributed by atoms with van der Waals surface area (Å²) < 4.78 is 18.2. The third-order valence-corrected chi connectivity index (χ3v) is 5.55. The molecule has 0 aliphatic carbocycles. The number of methoxy groups -OCH3 is 1. The Labute approximate surface area is 159 Å². The summed E-state index contributed by atoms with van der Waals surface area (Å²) in [5.41, 5.74) is 1.85. The van der Waals surface area contributed by atoms with Gasteiger partial charge < -0.3 is 10.1 Å². The molecule has 136 valence electrons. The largest absolute Gasteiger partial charge is 0.385 e. The molecule has 2 heterocycles. The van der Waals surface area contributed by atoms with Gasteiger partial charge in [0.2, 0.25) is 5.91 Å². The van der Waals surface area contributed by atoms with Gasteiger partial charge in [-0.3, -0.25) is 4.79 Å². The topological polar surface area (TPSA) is 64.1 Å². The van der Waals surface area contributed by atoms with Gasteiger partial charge in [-0.25, -0.2) is 14.4 Å². The monoisotopic (exact) mass is 391 g/mol. The van der Waals surface area contributed by atoms with E-state index in [-0.39, 0.29) is 17.5 Å². The second-order valence-electron chi connectivity index (χ2n) is 5.50. The van der Waals surface area contributed by atoms with Crippen molar-refractivity contribution >= 4 is 39.2 Å². The van der Waals surface area contributed by atoms with Crippen molar-refractivity contribution in [1.82, 2.24) is 15.3 Å². The third kappa shape index (κ3) is 4.57. The highest BCUT2D eigenvalue weighted by Gasteiger charge is 2.14. The molecule has 26 heavy (non-hydrogen) atoms. The Morgan fingerprint density at radius 1 is 1.31 bits per heavy atom. The van der Waals surface area contributed by atoms with Crippen LogP contribution >= 0.6 is 23.1 Å². The number of thioether (sulfide) groups is 1. The first-order chi connectivity index (χ1) is 12.7. The zero-order chi connectivity index (χ0) is 18.4. The van der Waals surface area contributed by atoms with Crippen LogP contribution in [0.5, 0.6) is 0 Å². The molecule has 0 aliphatic heterocycles. The molecule has 1 aromatic carbocycles. The van der Waals surface area contributed by atoms with E-state index in [0.717, 1.165) is 32.8 Å². The summed E-state index contributed by atoms with van der Waals surface area (Å²) in [7, 11) is 1.64. The van der Waals surface area contributed by atoms with Gasteiger partial charge in [-0.2, -0.15) is 0 Å². The van der Waals surface area contributed by atoms with Gasteiger partial charge in [-0.05, 0) is 24.1 Å². The number of nitrogens with one attached hydrogen (secondary N) is 1. The van der Waals surface area contributed by atoms with Crippen molar-refractivity contribution in [2.24, 2.45) is 0 Å². The number of carbonyl (C=O) groups excluding carboxylic acids is 1. The summed E-state index contributed by atoms with van der Waals surface area (Å²) in [6.07, 6.45) is 2.29. The van der Waals surface area contributed by atoms with Crippen molar-refractivity contribution < 1.29 is 13.9 Å². The van der Waals surface area contributed by atoms with E-state index in [0.29, 0.717) is 13.2 Å². The quantitative estimate of drug-likeness (QED) is 0.360. The normalized spacial score (nSPS) is 11.0. The molecule has 8 heteroatoms. The number of hydrogen-bond donors (Lipinski definition) is 1. The van der Waals surface area contributed by atoms with Crippen LogP contribution in [0.1, 0.15) is 6.42 Å². The third-order valence-electron chi connectivity index (χ3n) is 3.68. The lowest BCUT2D eigenvalue weighted by atomic mass is 10.1. The molecule has 0 fully saturated rings. The van der Waals surface area contributed by atoms with Gasteiger partial charge in [0, 0.05) is 31.2 Å². The minimum absolute atomic E-state index is 0.0450. The molecule has 0 spiro atoms. The number of rotatable bonds is 8. The fourth-order valence-corrected chi connectivity index (χ4v) is 4.25. The molecule has 1 N–H and O–H groups in total. The minimum Gasteiger partial charge on any atom is -0.385 e. The van der Waals surface area contributed by atoms with Gasteiger partial charge in [-0.15, -0.1) is 11.3 Å². The second kappa shape index (κ2) is 9.07. The fourth-order valence-electron chi connectivity index (χ4n) is 2.43. The van der Waals surface area contributed by atoms with Crippen LogP contribution in [-0.2, 0) is 9.53 Å². The Kier molecular flexibility index (Phi) is 6.54. The van der Waals surface area contributed by atoms with Crippen molar-refractivity contribution in [2.45, 2.75) is 11.4 Å². The van der Waals surface area contributed by atoms with Crippen molar-refractivity contribution in [3.05, 3.63) is 41.8 Å². The Bertz CT molecular complexity index is 884. The molecule has 0 bridgehead atoms. The average molecular weight is 391 g/mol. The molecule has 0 saturated heterocycles. The van der Waals surface area contributed by atoms with E-state index in [9.17, 15) is 9.18 Å². The Morgan fingerprint density at radius 2 is 2.12 bits per heavy atom. The SMILES string of the molecule is COCCCNC(=O)CSc1ncnc2scc(-c3ccc(F)cc3)c12. The number of benzene rings is 1. The van der Waals surface area contributed by atoms with E-state index < -0.39 is 0 Å². The van der Waals surface area contributed by atoms with Crippen molar-refractivity contribution in [3.8, 4) is 11.1 Å².